The Balaban J connectivity index is 1.38. The first kappa shape index (κ1) is 22.3. The van der Waals surface area contributed by atoms with Gasteiger partial charge in [0.25, 0.3) is 5.91 Å². The van der Waals surface area contributed by atoms with E-state index in [-0.39, 0.29) is 24.5 Å². The number of hydrogen-bond donors (Lipinski definition) is 1. The number of carbonyl (C=O) groups is 2. The maximum absolute atomic E-state index is 13.4. The van der Waals surface area contributed by atoms with Crippen molar-refractivity contribution in [3.63, 3.8) is 0 Å². The number of para-hydroxylation sites is 1. The maximum atomic E-state index is 13.4. The molecule has 0 bridgehead atoms. The van der Waals surface area contributed by atoms with Crippen molar-refractivity contribution >= 4 is 11.9 Å². The molecule has 0 unspecified atom stereocenters. The fraction of sp³-hybridized carbons (Fsp3) is 0.370. The standard InChI is InChI=1S/C27H31N5O2/c1-20-11-9-10-16-27(20)25(33)31(26(34)28-27)19-30(2)17-22-18-32(23-14-7-4-8-15-23)29-24(22)21-12-5-3-6-13-21/h3-8,12-15,18,20H,9-11,16-17,19H2,1-2H3,(H,28,34)/t20-,27+/m0/s1. The average molecular weight is 458 g/mol. The number of rotatable bonds is 6. The van der Waals surface area contributed by atoms with E-state index in [1.807, 2.05) is 83.5 Å². The van der Waals surface area contributed by atoms with E-state index in [9.17, 15) is 9.59 Å². The van der Waals surface area contributed by atoms with Gasteiger partial charge in [0.05, 0.1) is 18.1 Å². The number of aromatic nitrogens is 2. The molecular formula is C27H31N5O2. The van der Waals surface area contributed by atoms with Crippen LogP contribution in [0.4, 0.5) is 4.79 Å². The lowest BCUT2D eigenvalue weighted by Gasteiger charge is -2.37. The van der Waals surface area contributed by atoms with Crippen LogP contribution in [0.15, 0.2) is 66.9 Å². The minimum absolute atomic E-state index is 0.0835. The molecule has 1 aliphatic heterocycles. The molecule has 1 saturated heterocycles. The summed E-state index contributed by atoms with van der Waals surface area (Å²) in [4.78, 5) is 29.6. The molecule has 2 aromatic carbocycles. The highest BCUT2D eigenvalue weighted by Gasteiger charge is 2.54. The van der Waals surface area contributed by atoms with E-state index in [2.05, 4.69) is 12.2 Å². The lowest BCUT2D eigenvalue weighted by atomic mass is 9.73. The number of nitrogens with zero attached hydrogens (tertiary/aromatic N) is 4. The minimum Gasteiger partial charge on any atom is -0.323 e. The van der Waals surface area contributed by atoms with Crippen LogP contribution in [-0.4, -0.2) is 50.8 Å². The fourth-order valence-electron chi connectivity index (χ4n) is 5.28. The largest absolute Gasteiger partial charge is 0.326 e. The van der Waals surface area contributed by atoms with Crippen molar-refractivity contribution < 1.29 is 9.59 Å². The zero-order valence-electron chi connectivity index (χ0n) is 19.8. The molecule has 1 N–H and O–H groups in total. The Hall–Kier alpha value is -3.45. The van der Waals surface area contributed by atoms with Gasteiger partial charge < -0.3 is 5.32 Å². The van der Waals surface area contributed by atoms with Crippen LogP contribution in [0.5, 0.6) is 0 Å². The Morgan fingerprint density at radius 1 is 1.06 bits per heavy atom. The maximum Gasteiger partial charge on any atom is 0.326 e. The molecule has 5 rings (SSSR count). The van der Waals surface area contributed by atoms with Crippen molar-refractivity contribution in [3.05, 3.63) is 72.4 Å². The van der Waals surface area contributed by atoms with E-state index in [0.717, 1.165) is 48.2 Å². The van der Waals surface area contributed by atoms with Gasteiger partial charge in [0, 0.05) is 23.9 Å². The summed E-state index contributed by atoms with van der Waals surface area (Å²) in [5, 5.41) is 7.92. The normalized spacial score (nSPS) is 22.6. The van der Waals surface area contributed by atoms with Crippen LogP contribution < -0.4 is 5.32 Å². The Kier molecular flexibility index (Phi) is 5.96. The van der Waals surface area contributed by atoms with Gasteiger partial charge in [0.2, 0.25) is 0 Å². The van der Waals surface area contributed by atoms with Crippen LogP contribution in [0.3, 0.4) is 0 Å². The number of urea groups is 1. The van der Waals surface area contributed by atoms with Crippen LogP contribution in [0.1, 0.15) is 38.2 Å². The van der Waals surface area contributed by atoms with Gasteiger partial charge in [0.1, 0.15) is 5.54 Å². The van der Waals surface area contributed by atoms with E-state index in [1.54, 1.807) is 0 Å². The first-order valence-electron chi connectivity index (χ1n) is 12.0. The highest BCUT2D eigenvalue weighted by molar-refractivity contribution is 6.07. The van der Waals surface area contributed by atoms with Crippen LogP contribution in [0.2, 0.25) is 0 Å². The van der Waals surface area contributed by atoms with Crippen molar-refractivity contribution in [2.75, 3.05) is 13.7 Å². The minimum atomic E-state index is -0.733. The third-order valence-electron chi connectivity index (χ3n) is 7.18. The number of imide groups is 1. The van der Waals surface area contributed by atoms with Gasteiger partial charge in [-0.1, -0.05) is 68.3 Å². The number of nitrogens with one attached hydrogen (secondary N) is 1. The Labute approximate surface area is 200 Å². The van der Waals surface area contributed by atoms with Crippen LogP contribution >= 0.6 is 0 Å². The summed E-state index contributed by atoms with van der Waals surface area (Å²) >= 11 is 0. The lowest BCUT2D eigenvalue weighted by Crippen LogP contribution is -2.54. The molecule has 3 amide bonds. The second-order valence-corrected chi connectivity index (χ2v) is 9.59. The first-order chi connectivity index (χ1) is 16.5. The summed E-state index contributed by atoms with van der Waals surface area (Å²) in [6.07, 6.45) is 5.80. The molecule has 1 aromatic heterocycles. The van der Waals surface area contributed by atoms with Crippen LogP contribution in [-0.2, 0) is 11.3 Å². The van der Waals surface area contributed by atoms with Crippen molar-refractivity contribution in [1.82, 2.24) is 24.9 Å². The van der Waals surface area contributed by atoms with Gasteiger partial charge in [-0.05, 0) is 37.9 Å². The lowest BCUT2D eigenvalue weighted by molar-refractivity contribution is -0.135. The monoisotopic (exact) mass is 457 g/mol. The van der Waals surface area contributed by atoms with E-state index >= 15 is 0 Å². The molecule has 1 spiro atoms. The average Bonchev–Trinajstić information content (AvgIpc) is 3.37. The van der Waals surface area contributed by atoms with Crippen LogP contribution in [0.25, 0.3) is 16.9 Å². The second kappa shape index (κ2) is 9.06. The van der Waals surface area contributed by atoms with Crippen molar-refractivity contribution in [2.45, 2.75) is 44.7 Å². The van der Waals surface area contributed by atoms with Gasteiger partial charge in [-0.15, -0.1) is 0 Å². The Morgan fingerprint density at radius 2 is 1.76 bits per heavy atom. The third kappa shape index (κ3) is 4.01. The number of benzene rings is 2. The molecule has 2 atom stereocenters. The molecule has 7 nitrogen and oxygen atoms in total. The summed E-state index contributed by atoms with van der Waals surface area (Å²) < 4.78 is 1.89. The number of carbonyl (C=O) groups excluding carboxylic acids is 2. The van der Waals surface area contributed by atoms with E-state index in [4.69, 9.17) is 5.10 Å². The molecule has 7 heteroatoms. The molecule has 2 aliphatic rings. The molecule has 34 heavy (non-hydrogen) atoms. The zero-order valence-corrected chi connectivity index (χ0v) is 19.8. The highest BCUT2D eigenvalue weighted by Crippen LogP contribution is 2.38. The third-order valence-corrected chi connectivity index (χ3v) is 7.18. The summed E-state index contributed by atoms with van der Waals surface area (Å²) in [6.45, 7) is 2.87. The van der Waals surface area contributed by atoms with Gasteiger partial charge in [-0.2, -0.15) is 5.10 Å². The molecule has 1 saturated carbocycles. The highest BCUT2D eigenvalue weighted by atomic mass is 16.2. The summed E-state index contributed by atoms with van der Waals surface area (Å²) in [7, 11) is 1.94. The van der Waals surface area contributed by atoms with Crippen molar-refractivity contribution in [3.8, 4) is 16.9 Å². The molecule has 176 valence electrons. The number of amides is 3. The van der Waals surface area contributed by atoms with E-state index < -0.39 is 5.54 Å². The first-order valence-corrected chi connectivity index (χ1v) is 12.0. The van der Waals surface area contributed by atoms with Gasteiger partial charge in [0.15, 0.2) is 0 Å². The van der Waals surface area contributed by atoms with Gasteiger partial charge in [-0.3, -0.25) is 9.69 Å². The van der Waals surface area contributed by atoms with Crippen molar-refractivity contribution in [1.29, 1.82) is 0 Å². The summed E-state index contributed by atoms with van der Waals surface area (Å²) in [6, 6.07) is 19.8. The summed E-state index contributed by atoms with van der Waals surface area (Å²) in [5.41, 5.74) is 3.21. The SMILES string of the molecule is C[C@H]1CCCC[C@@]12NC(=O)N(CN(C)Cc1cn(-c3ccccc3)nc1-c1ccccc1)C2=O. The molecule has 1 aliphatic carbocycles. The predicted octanol–water partition coefficient (Wildman–Crippen LogP) is 4.43. The van der Waals surface area contributed by atoms with Gasteiger partial charge >= 0.3 is 6.03 Å². The molecule has 3 aromatic rings. The van der Waals surface area contributed by atoms with E-state index in [0.29, 0.717) is 6.54 Å². The van der Waals surface area contributed by atoms with E-state index in [1.165, 1.54) is 4.90 Å². The van der Waals surface area contributed by atoms with Gasteiger partial charge in [-0.25, -0.2) is 14.4 Å². The quantitative estimate of drug-likeness (QED) is 0.556. The fourth-order valence-corrected chi connectivity index (χ4v) is 5.28. The Bertz CT molecular complexity index is 1180. The number of hydrogen-bond acceptors (Lipinski definition) is 4. The Morgan fingerprint density at radius 3 is 2.47 bits per heavy atom. The predicted molar refractivity (Wildman–Crippen MR) is 131 cm³/mol. The topological polar surface area (TPSA) is 70.5 Å². The zero-order chi connectivity index (χ0) is 23.7. The second-order valence-electron chi connectivity index (χ2n) is 9.59. The molecule has 2 heterocycles. The van der Waals surface area contributed by atoms with Crippen LogP contribution in [0, 0.1) is 5.92 Å². The summed E-state index contributed by atoms with van der Waals surface area (Å²) in [5.74, 6) is 0.0709. The molecule has 0 radical (unpaired) electrons. The van der Waals surface area contributed by atoms with Crippen molar-refractivity contribution in [2.24, 2.45) is 5.92 Å². The molecular weight excluding hydrogens is 426 g/mol. The molecule has 2 fully saturated rings. The smallest absolute Gasteiger partial charge is 0.323 e.